The minimum absolute atomic E-state index is 0.00944. The molecule has 1 aliphatic heterocycles. The van der Waals surface area contributed by atoms with Gasteiger partial charge in [0, 0.05) is 46.1 Å². The molecule has 3 heterocycles. The van der Waals surface area contributed by atoms with E-state index in [1.165, 1.54) is 0 Å². The highest BCUT2D eigenvalue weighted by atomic mass is 16.5. The number of aryl methyl sites for hydroxylation is 1. The first kappa shape index (κ1) is 16.6. The zero-order chi connectivity index (χ0) is 17.0. The third kappa shape index (κ3) is 3.31. The molecule has 0 radical (unpaired) electrons. The Balaban J connectivity index is 1.86. The van der Waals surface area contributed by atoms with Crippen LogP contribution in [0.1, 0.15) is 41.3 Å². The van der Waals surface area contributed by atoms with Gasteiger partial charge < -0.3 is 14.2 Å². The van der Waals surface area contributed by atoms with Gasteiger partial charge in [0.2, 0.25) is 5.89 Å². The van der Waals surface area contributed by atoms with Gasteiger partial charge in [0.1, 0.15) is 0 Å². The second-order valence-electron chi connectivity index (χ2n) is 6.23. The molecule has 0 N–H and O–H groups in total. The standard InChI is InChI=1S/C17H22N4O3/c1-13-19-16(20-24-13)17(7-10-23-2)6-4-9-21(12-17)15(22)14-5-3-8-18-11-14/h3,5,8,11H,4,6-7,9-10,12H2,1-2H3. The third-order valence-corrected chi connectivity index (χ3v) is 4.56. The molecular weight excluding hydrogens is 308 g/mol. The number of nitrogens with zero attached hydrogens (tertiary/aromatic N) is 4. The van der Waals surface area contributed by atoms with Crippen LogP contribution in [0.3, 0.4) is 0 Å². The molecule has 1 amide bonds. The smallest absolute Gasteiger partial charge is 0.255 e. The van der Waals surface area contributed by atoms with Crippen LogP contribution in [0.25, 0.3) is 0 Å². The maximum Gasteiger partial charge on any atom is 0.255 e. The number of likely N-dealkylation sites (tertiary alicyclic amines) is 1. The Labute approximate surface area is 141 Å². The number of carbonyl (C=O) groups excluding carboxylic acids is 1. The lowest BCUT2D eigenvalue weighted by Gasteiger charge is -2.40. The van der Waals surface area contributed by atoms with E-state index in [9.17, 15) is 4.79 Å². The fourth-order valence-electron chi connectivity index (χ4n) is 3.29. The number of aromatic nitrogens is 3. The molecule has 24 heavy (non-hydrogen) atoms. The average Bonchev–Trinajstić information content (AvgIpc) is 3.07. The zero-order valence-electron chi connectivity index (χ0n) is 14.1. The Hall–Kier alpha value is -2.28. The second-order valence-corrected chi connectivity index (χ2v) is 6.23. The van der Waals surface area contributed by atoms with Crippen LogP contribution in [0.15, 0.2) is 29.0 Å². The van der Waals surface area contributed by atoms with Crippen molar-refractivity contribution in [3.05, 3.63) is 41.8 Å². The van der Waals surface area contributed by atoms with Crippen LogP contribution in [0, 0.1) is 6.92 Å². The highest BCUT2D eigenvalue weighted by Gasteiger charge is 2.42. The first-order valence-electron chi connectivity index (χ1n) is 8.14. The van der Waals surface area contributed by atoms with Crippen molar-refractivity contribution in [1.29, 1.82) is 0 Å². The van der Waals surface area contributed by atoms with Gasteiger partial charge in [0.25, 0.3) is 5.91 Å². The molecule has 2 aromatic heterocycles. The molecule has 7 nitrogen and oxygen atoms in total. The number of methoxy groups -OCH3 is 1. The number of ether oxygens (including phenoxy) is 1. The molecule has 1 fully saturated rings. The summed E-state index contributed by atoms with van der Waals surface area (Å²) in [4.78, 5) is 23.1. The van der Waals surface area contributed by atoms with Crippen LogP contribution in [-0.2, 0) is 10.2 Å². The summed E-state index contributed by atoms with van der Waals surface area (Å²) in [6.07, 6.45) is 5.82. The van der Waals surface area contributed by atoms with Gasteiger partial charge in [-0.1, -0.05) is 5.16 Å². The van der Waals surface area contributed by atoms with E-state index < -0.39 is 0 Å². The van der Waals surface area contributed by atoms with Crippen molar-refractivity contribution >= 4 is 5.91 Å². The lowest BCUT2D eigenvalue weighted by molar-refractivity contribution is 0.0566. The summed E-state index contributed by atoms with van der Waals surface area (Å²) in [6.45, 7) is 3.65. The molecule has 7 heteroatoms. The van der Waals surface area contributed by atoms with Gasteiger partial charge in [-0.05, 0) is 31.4 Å². The van der Waals surface area contributed by atoms with E-state index in [0.29, 0.717) is 30.4 Å². The molecule has 0 bridgehead atoms. The van der Waals surface area contributed by atoms with Gasteiger partial charge in [-0.15, -0.1) is 0 Å². The van der Waals surface area contributed by atoms with Crippen molar-refractivity contribution < 1.29 is 14.1 Å². The topological polar surface area (TPSA) is 81.4 Å². The van der Waals surface area contributed by atoms with Crippen molar-refractivity contribution in [3.8, 4) is 0 Å². The first-order chi connectivity index (χ1) is 11.6. The molecule has 2 aromatic rings. The fraction of sp³-hybridized carbons (Fsp3) is 0.529. The quantitative estimate of drug-likeness (QED) is 0.834. The molecule has 3 rings (SSSR count). The van der Waals surface area contributed by atoms with Gasteiger partial charge in [-0.3, -0.25) is 9.78 Å². The van der Waals surface area contributed by atoms with E-state index in [4.69, 9.17) is 9.26 Å². The molecule has 128 valence electrons. The van der Waals surface area contributed by atoms with E-state index in [0.717, 1.165) is 25.8 Å². The van der Waals surface area contributed by atoms with Crippen molar-refractivity contribution in [1.82, 2.24) is 20.0 Å². The minimum atomic E-state index is -0.329. The van der Waals surface area contributed by atoms with Crippen LogP contribution >= 0.6 is 0 Å². The Bertz CT molecular complexity index is 688. The number of rotatable bonds is 5. The molecule has 1 unspecified atom stereocenters. The van der Waals surface area contributed by atoms with Crippen LogP contribution in [0.2, 0.25) is 0 Å². The summed E-state index contributed by atoms with van der Waals surface area (Å²) >= 11 is 0. The number of pyridine rings is 1. The van der Waals surface area contributed by atoms with Crippen LogP contribution < -0.4 is 0 Å². The lowest BCUT2D eigenvalue weighted by Crippen LogP contribution is -2.49. The lowest BCUT2D eigenvalue weighted by atomic mass is 9.76. The first-order valence-corrected chi connectivity index (χ1v) is 8.14. The number of carbonyl (C=O) groups is 1. The van der Waals surface area contributed by atoms with Crippen LogP contribution in [-0.4, -0.2) is 52.7 Å². The predicted molar refractivity (Wildman–Crippen MR) is 86.6 cm³/mol. The molecule has 0 saturated carbocycles. The molecular formula is C17H22N4O3. The van der Waals surface area contributed by atoms with E-state index in [1.807, 2.05) is 4.90 Å². The summed E-state index contributed by atoms with van der Waals surface area (Å²) in [5.74, 6) is 1.20. The van der Waals surface area contributed by atoms with E-state index in [1.54, 1.807) is 38.6 Å². The Kier molecular flexibility index (Phi) is 4.89. The van der Waals surface area contributed by atoms with Crippen LogP contribution in [0.4, 0.5) is 0 Å². The Morgan fingerprint density at radius 3 is 3.04 bits per heavy atom. The summed E-state index contributed by atoms with van der Waals surface area (Å²) in [7, 11) is 1.68. The summed E-state index contributed by atoms with van der Waals surface area (Å²) in [5, 5.41) is 4.14. The monoisotopic (exact) mass is 330 g/mol. The normalized spacial score (nSPS) is 21.0. The van der Waals surface area contributed by atoms with Gasteiger partial charge in [-0.25, -0.2) is 0 Å². The van der Waals surface area contributed by atoms with Crippen LogP contribution in [0.5, 0.6) is 0 Å². The molecule has 0 aromatic carbocycles. The van der Waals surface area contributed by atoms with Gasteiger partial charge >= 0.3 is 0 Å². The van der Waals surface area contributed by atoms with E-state index >= 15 is 0 Å². The number of hydrogen-bond donors (Lipinski definition) is 0. The maximum absolute atomic E-state index is 12.8. The Morgan fingerprint density at radius 2 is 2.38 bits per heavy atom. The fourth-order valence-corrected chi connectivity index (χ4v) is 3.29. The number of amides is 1. The van der Waals surface area contributed by atoms with Crippen molar-refractivity contribution in [2.75, 3.05) is 26.8 Å². The molecule has 1 atom stereocenters. The molecule has 1 aliphatic rings. The SMILES string of the molecule is COCCC1(c2noc(C)n2)CCCN(C(=O)c2cccnc2)C1. The van der Waals surface area contributed by atoms with Gasteiger partial charge in [0.15, 0.2) is 5.82 Å². The Morgan fingerprint density at radius 1 is 1.50 bits per heavy atom. The highest BCUT2D eigenvalue weighted by molar-refractivity contribution is 5.94. The summed E-state index contributed by atoms with van der Waals surface area (Å²) in [6, 6.07) is 3.57. The average molecular weight is 330 g/mol. The minimum Gasteiger partial charge on any atom is -0.385 e. The molecule has 0 spiro atoms. The van der Waals surface area contributed by atoms with Gasteiger partial charge in [-0.2, -0.15) is 4.98 Å². The zero-order valence-corrected chi connectivity index (χ0v) is 14.1. The maximum atomic E-state index is 12.8. The van der Waals surface area contributed by atoms with Crippen molar-refractivity contribution in [2.45, 2.75) is 31.6 Å². The van der Waals surface area contributed by atoms with Crippen molar-refractivity contribution in [2.24, 2.45) is 0 Å². The van der Waals surface area contributed by atoms with Gasteiger partial charge in [0.05, 0.1) is 11.0 Å². The van der Waals surface area contributed by atoms with E-state index in [2.05, 4.69) is 15.1 Å². The molecule has 0 aliphatic carbocycles. The largest absolute Gasteiger partial charge is 0.385 e. The molecule has 1 saturated heterocycles. The predicted octanol–water partition coefficient (Wildman–Crippen LogP) is 1.98. The second kappa shape index (κ2) is 7.09. The van der Waals surface area contributed by atoms with E-state index in [-0.39, 0.29) is 11.3 Å². The van der Waals surface area contributed by atoms with Crippen molar-refractivity contribution in [3.63, 3.8) is 0 Å². The number of hydrogen-bond acceptors (Lipinski definition) is 6. The third-order valence-electron chi connectivity index (χ3n) is 4.56. The summed E-state index contributed by atoms with van der Waals surface area (Å²) in [5.41, 5.74) is 0.272. The number of piperidine rings is 1. The highest BCUT2D eigenvalue weighted by Crippen LogP contribution is 2.36. The summed E-state index contributed by atoms with van der Waals surface area (Å²) < 4.78 is 10.5.